The molecule has 2 aromatic rings. The maximum absolute atomic E-state index is 13.3. The zero-order valence-electron chi connectivity index (χ0n) is 12.9. The summed E-state index contributed by atoms with van der Waals surface area (Å²) in [4.78, 5) is 21.2. The van der Waals surface area contributed by atoms with Crippen molar-refractivity contribution in [1.29, 1.82) is 0 Å². The van der Waals surface area contributed by atoms with Gasteiger partial charge in [-0.3, -0.25) is 14.7 Å². The zero-order valence-corrected chi connectivity index (χ0v) is 13.6. The minimum Gasteiger partial charge on any atom is -0.309 e. The van der Waals surface area contributed by atoms with Gasteiger partial charge in [-0.05, 0) is 36.6 Å². The van der Waals surface area contributed by atoms with Crippen molar-refractivity contribution in [2.24, 2.45) is 0 Å². The SMILES string of the molecule is CCCC(=O)Cl.CCCC(=O)Nc1n[nH]c2c(F)c(F)ccc12. The second kappa shape index (κ2) is 9.19. The Labute approximate surface area is 137 Å². The van der Waals surface area contributed by atoms with E-state index in [0.717, 1.165) is 12.5 Å². The molecule has 0 unspecified atom stereocenters. The summed E-state index contributed by atoms with van der Waals surface area (Å²) < 4.78 is 26.3. The lowest BCUT2D eigenvalue weighted by Crippen LogP contribution is -2.11. The molecule has 5 nitrogen and oxygen atoms in total. The van der Waals surface area contributed by atoms with E-state index in [2.05, 4.69) is 15.5 Å². The van der Waals surface area contributed by atoms with Crippen LogP contribution in [0.25, 0.3) is 10.9 Å². The predicted molar refractivity (Wildman–Crippen MR) is 85.3 cm³/mol. The minimum atomic E-state index is -0.994. The molecule has 1 heterocycles. The van der Waals surface area contributed by atoms with Gasteiger partial charge in [0.2, 0.25) is 11.1 Å². The van der Waals surface area contributed by atoms with E-state index in [1.54, 1.807) is 0 Å². The maximum atomic E-state index is 13.3. The van der Waals surface area contributed by atoms with Crippen LogP contribution in [0.15, 0.2) is 12.1 Å². The van der Waals surface area contributed by atoms with E-state index >= 15 is 0 Å². The number of fused-ring (bicyclic) bond motifs is 1. The van der Waals surface area contributed by atoms with Crippen LogP contribution in [0, 0.1) is 11.6 Å². The van der Waals surface area contributed by atoms with E-state index in [-0.39, 0.29) is 22.5 Å². The first kappa shape index (κ1) is 19.0. The number of aromatic amines is 1. The van der Waals surface area contributed by atoms with Crippen LogP contribution in [-0.2, 0) is 9.59 Å². The van der Waals surface area contributed by atoms with Gasteiger partial charge in [0.15, 0.2) is 17.5 Å². The number of carbonyl (C=O) groups is 2. The highest BCUT2D eigenvalue weighted by Gasteiger charge is 2.14. The first-order chi connectivity index (χ1) is 10.9. The van der Waals surface area contributed by atoms with Crippen LogP contribution in [0.5, 0.6) is 0 Å². The Morgan fingerprint density at radius 3 is 2.39 bits per heavy atom. The Hall–Kier alpha value is -2.02. The molecule has 0 radical (unpaired) electrons. The van der Waals surface area contributed by atoms with E-state index in [0.29, 0.717) is 24.6 Å². The molecule has 0 aliphatic heterocycles. The van der Waals surface area contributed by atoms with E-state index in [4.69, 9.17) is 11.6 Å². The third-order valence-electron chi connectivity index (χ3n) is 2.81. The molecule has 1 aromatic heterocycles. The standard InChI is InChI=1S/C11H11F2N3O.C4H7ClO/c1-2-3-8(17)14-11-6-4-5-7(12)9(13)10(6)15-16-11;1-2-3-4(5)6/h4-5H,2-3H2,1H3,(H2,14,15,16,17);2-3H2,1H3. The van der Waals surface area contributed by atoms with Gasteiger partial charge in [-0.2, -0.15) is 5.10 Å². The van der Waals surface area contributed by atoms with Gasteiger partial charge >= 0.3 is 0 Å². The lowest BCUT2D eigenvalue weighted by molar-refractivity contribution is -0.116. The van der Waals surface area contributed by atoms with E-state index < -0.39 is 11.6 Å². The van der Waals surface area contributed by atoms with Crippen molar-refractivity contribution in [3.63, 3.8) is 0 Å². The number of rotatable bonds is 5. The van der Waals surface area contributed by atoms with Crippen LogP contribution >= 0.6 is 11.6 Å². The number of carbonyl (C=O) groups excluding carboxylic acids is 2. The summed E-state index contributed by atoms with van der Waals surface area (Å²) in [6.07, 6.45) is 2.42. The highest BCUT2D eigenvalue weighted by Crippen LogP contribution is 2.24. The Morgan fingerprint density at radius 2 is 1.87 bits per heavy atom. The number of halogens is 3. The zero-order chi connectivity index (χ0) is 17.4. The second-order valence-electron chi connectivity index (χ2n) is 4.76. The molecule has 0 saturated heterocycles. The van der Waals surface area contributed by atoms with Crippen molar-refractivity contribution < 1.29 is 18.4 Å². The smallest absolute Gasteiger partial charge is 0.225 e. The van der Waals surface area contributed by atoms with Crippen molar-refractivity contribution in [1.82, 2.24) is 10.2 Å². The number of nitrogens with zero attached hydrogens (tertiary/aromatic N) is 1. The summed E-state index contributed by atoms with van der Waals surface area (Å²) in [5.41, 5.74) is -0.0446. The molecule has 0 spiro atoms. The summed E-state index contributed by atoms with van der Waals surface area (Å²) in [6.45, 7) is 3.79. The molecule has 0 fully saturated rings. The van der Waals surface area contributed by atoms with Gasteiger partial charge in [-0.1, -0.05) is 13.8 Å². The number of hydrogen-bond acceptors (Lipinski definition) is 3. The normalized spacial score (nSPS) is 10.1. The van der Waals surface area contributed by atoms with Gasteiger partial charge in [-0.25, -0.2) is 8.78 Å². The molecule has 23 heavy (non-hydrogen) atoms. The Bertz CT molecular complexity index is 689. The molecular formula is C15H18ClF2N3O2. The van der Waals surface area contributed by atoms with Crippen LogP contribution in [0.4, 0.5) is 14.6 Å². The van der Waals surface area contributed by atoms with Crippen LogP contribution in [0.3, 0.4) is 0 Å². The molecule has 1 aromatic carbocycles. The fraction of sp³-hybridized carbons (Fsp3) is 0.400. The number of benzene rings is 1. The van der Waals surface area contributed by atoms with Crippen molar-refractivity contribution in [2.45, 2.75) is 39.5 Å². The molecule has 0 atom stereocenters. The molecule has 2 N–H and O–H groups in total. The summed E-state index contributed by atoms with van der Waals surface area (Å²) in [5, 5.41) is 8.78. The number of nitrogens with one attached hydrogen (secondary N) is 2. The van der Waals surface area contributed by atoms with E-state index in [9.17, 15) is 18.4 Å². The molecule has 0 bridgehead atoms. The van der Waals surface area contributed by atoms with Crippen LogP contribution in [0.2, 0.25) is 0 Å². The van der Waals surface area contributed by atoms with Gasteiger partial charge in [-0.15, -0.1) is 0 Å². The monoisotopic (exact) mass is 345 g/mol. The van der Waals surface area contributed by atoms with Crippen molar-refractivity contribution in [3.8, 4) is 0 Å². The third kappa shape index (κ3) is 5.59. The summed E-state index contributed by atoms with van der Waals surface area (Å²) in [6, 6.07) is 2.38. The van der Waals surface area contributed by atoms with Gasteiger partial charge in [0.05, 0.1) is 0 Å². The number of aromatic nitrogens is 2. The largest absolute Gasteiger partial charge is 0.309 e. The highest BCUT2D eigenvalue weighted by molar-refractivity contribution is 6.63. The lowest BCUT2D eigenvalue weighted by atomic mass is 10.2. The van der Waals surface area contributed by atoms with Gasteiger partial charge in [0.25, 0.3) is 0 Å². The fourth-order valence-electron chi connectivity index (χ4n) is 1.74. The number of H-pyrrole nitrogens is 1. The Balaban J connectivity index is 0.000000379. The Kier molecular flexibility index (Phi) is 7.61. The summed E-state index contributed by atoms with van der Waals surface area (Å²) in [5.74, 6) is -1.93. The highest BCUT2D eigenvalue weighted by atomic mass is 35.5. The van der Waals surface area contributed by atoms with Crippen LogP contribution in [-0.4, -0.2) is 21.3 Å². The molecule has 1 amide bonds. The fourth-order valence-corrected chi connectivity index (χ4v) is 1.93. The van der Waals surface area contributed by atoms with E-state index in [1.165, 1.54) is 6.07 Å². The summed E-state index contributed by atoms with van der Waals surface area (Å²) >= 11 is 4.94. The van der Waals surface area contributed by atoms with Crippen LogP contribution < -0.4 is 5.32 Å². The molecular weight excluding hydrogens is 328 g/mol. The molecule has 2 rings (SSSR count). The van der Waals surface area contributed by atoms with Crippen molar-refractivity contribution >= 4 is 39.5 Å². The Morgan fingerprint density at radius 1 is 1.22 bits per heavy atom. The number of hydrogen-bond donors (Lipinski definition) is 2. The van der Waals surface area contributed by atoms with Crippen LogP contribution in [0.1, 0.15) is 39.5 Å². The first-order valence-electron chi connectivity index (χ1n) is 7.20. The lowest BCUT2D eigenvalue weighted by Gasteiger charge is -2.00. The first-order valence-corrected chi connectivity index (χ1v) is 7.58. The molecule has 0 saturated carbocycles. The molecule has 0 aliphatic carbocycles. The average molecular weight is 346 g/mol. The van der Waals surface area contributed by atoms with E-state index in [1.807, 2.05) is 13.8 Å². The van der Waals surface area contributed by atoms with Crippen molar-refractivity contribution in [2.75, 3.05) is 5.32 Å². The third-order valence-corrected chi connectivity index (χ3v) is 3.00. The molecule has 8 heteroatoms. The predicted octanol–water partition coefficient (Wildman–Crippen LogP) is 4.13. The maximum Gasteiger partial charge on any atom is 0.225 e. The molecule has 126 valence electrons. The number of amides is 1. The summed E-state index contributed by atoms with van der Waals surface area (Å²) in [7, 11) is 0. The second-order valence-corrected chi connectivity index (χ2v) is 5.18. The average Bonchev–Trinajstić information content (AvgIpc) is 2.87. The van der Waals surface area contributed by atoms with Gasteiger partial charge in [0, 0.05) is 18.2 Å². The van der Waals surface area contributed by atoms with Gasteiger partial charge in [0.1, 0.15) is 5.52 Å². The minimum absolute atomic E-state index is 0.0446. The topological polar surface area (TPSA) is 74.8 Å². The number of anilines is 1. The molecule has 0 aliphatic rings. The van der Waals surface area contributed by atoms with Crippen molar-refractivity contribution in [3.05, 3.63) is 23.8 Å². The van der Waals surface area contributed by atoms with Gasteiger partial charge < -0.3 is 5.32 Å². The quantitative estimate of drug-likeness (QED) is 0.800.